The Labute approximate surface area is 116 Å². The summed E-state index contributed by atoms with van der Waals surface area (Å²) >= 11 is 1.71. The Kier molecular flexibility index (Phi) is 3.21. The molecule has 0 aliphatic carbocycles. The van der Waals surface area contributed by atoms with Crippen LogP contribution in [0.25, 0.3) is 0 Å². The van der Waals surface area contributed by atoms with Crippen molar-refractivity contribution in [3.05, 3.63) is 45.6 Å². The standard InChI is InChI=1S/C15H16O3S/c1-9-3-6-15(19-9)14-8-12(16)11-5-4-10(17-2)7-13(11)18-14/h3-7,12,14,16H,8H2,1-2H3/t12-,14?/m1/s1. The van der Waals surface area contributed by atoms with Crippen LogP contribution in [0.5, 0.6) is 11.5 Å². The lowest BCUT2D eigenvalue weighted by atomic mass is 9.98. The Morgan fingerprint density at radius 3 is 2.84 bits per heavy atom. The summed E-state index contributed by atoms with van der Waals surface area (Å²) in [5.74, 6) is 1.46. The van der Waals surface area contributed by atoms with Crippen LogP contribution in [-0.2, 0) is 0 Å². The molecule has 1 aliphatic rings. The van der Waals surface area contributed by atoms with E-state index in [0.717, 1.165) is 16.2 Å². The van der Waals surface area contributed by atoms with Crippen molar-refractivity contribution in [1.29, 1.82) is 0 Å². The molecule has 0 saturated carbocycles. The number of hydrogen-bond acceptors (Lipinski definition) is 4. The van der Waals surface area contributed by atoms with Gasteiger partial charge < -0.3 is 14.6 Å². The van der Waals surface area contributed by atoms with Crippen molar-refractivity contribution in [3.8, 4) is 11.5 Å². The van der Waals surface area contributed by atoms with E-state index in [2.05, 4.69) is 19.1 Å². The van der Waals surface area contributed by atoms with Crippen molar-refractivity contribution in [2.45, 2.75) is 25.6 Å². The van der Waals surface area contributed by atoms with Crippen molar-refractivity contribution >= 4 is 11.3 Å². The number of rotatable bonds is 2. The van der Waals surface area contributed by atoms with Crippen LogP contribution >= 0.6 is 11.3 Å². The fraction of sp³-hybridized carbons (Fsp3) is 0.333. The molecule has 0 saturated heterocycles. The molecule has 1 aromatic carbocycles. The van der Waals surface area contributed by atoms with Crippen LogP contribution in [0.15, 0.2) is 30.3 Å². The smallest absolute Gasteiger partial charge is 0.136 e. The molecule has 3 rings (SSSR count). The Balaban J connectivity index is 1.93. The number of aliphatic hydroxyl groups is 1. The number of thiophene rings is 1. The minimum absolute atomic E-state index is 0.0756. The molecule has 1 aliphatic heterocycles. The number of methoxy groups -OCH3 is 1. The third-order valence-corrected chi connectivity index (χ3v) is 4.46. The quantitative estimate of drug-likeness (QED) is 0.910. The number of aryl methyl sites for hydroxylation is 1. The van der Waals surface area contributed by atoms with E-state index in [1.807, 2.05) is 18.2 Å². The number of fused-ring (bicyclic) bond motifs is 1. The number of hydrogen-bond donors (Lipinski definition) is 1. The minimum atomic E-state index is -0.484. The molecular formula is C15H16O3S. The second kappa shape index (κ2) is 4.87. The highest BCUT2D eigenvalue weighted by molar-refractivity contribution is 7.12. The van der Waals surface area contributed by atoms with Crippen molar-refractivity contribution in [2.24, 2.45) is 0 Å². The summed E-state index contributed by atoms with van der Waals surface area (Å²) in [6.45, 7) is 2.07. The molecule has 3 nitrogen and oxygen atoms in total. The van der Waals surface area contributed by atoms with Gasteiger partial charge in [0, 0.05) is 27.8 Å². The SMILES string of the molecule is COc1ccc2c(c1)OC(c1ccc(C)s1)C[C@H]2O. The molecule has 1 aromatic heterocycles. The monoisotopic (exact) mass is 276 g/mol. The normalized spacial score (nSPS) is 21.6. The highest BCUT2D eigenvalue weighted by atomic mass is 32.1. The van der Waals surface area contributed by atoms with E-state index in [1.165, 1.54) is 4.88 Å². The molecule has 0 fully saturated rings. The number of benzene rings is 1. The molecule has 1 unspecified atom stereocenters. The van der Waals surface area contributed by atoms with Gasteiger partial charge in [-0.3, -0.25) is 0 Å². The second-order valence-electron chi connectivity index (χ2n) is 4.71. The summed E-state index contributed by atoms with van der Waals surface area (Å²) in [4.78, 5) is 2.41. The summed E-state index contributed by atoms with van der Waals surface area (Å²) in [5, 5.41) is 10.2. The lowest BCUT2D eigenvalue weighted by Crippen LogP contribution is -2.18. The zero-order chi connectivity index (χ0) is 13.4. The van der Waals surface area contributed by atoms with Crippen LogP contribution in [0.4, 0.5) is 0 Å². The Hall–Kier alpha value is -1.52. The van der Waals surface area contributed by atoms with E-state index in [-0.39, 0.29) is 6.10 Å². The summed E-state index contributed by atoms with van der Waals surface area (Å²) < 4.78 is 11.2. The summed E-state index contributed by atoms with van der Waals surface area (Å²) in [5.41, 5.74) is 0.838. The molecule has 0 amide bonds. The van der Waals surface area contributed by atoms with Gasteiger partial charge in [0.2, 0.25) is 0 Å². The second-order valence-corrected chi connectivity index (χ2v) is 6.03. The first kappa shape index (κ1) is 12.5. The van der Waals surface area contributed by atoms with Crippen LogP contribution in [0, 0.1) is 6.92 Å². The largest absolute Gasteiger partial charge is 0.497 e. The van der Waals surface area contributed by atoms with Gasteiger partial charge in [-0.05, 0) is 31.2 Å². The van der Waals surface area contributed by atoms with Gasteiger partial charge in [-0.25, -0.2) is 0 Å². The number of aliphatic hydroxyl groups excluding tert-OH is 1. The summed E-state index contributed by atoms with van der Waals surface area (Å²) in [6.07, 6.45) is 0.0367. The molecule has 2 atom stereocenters. The molecular weight excluding hydrogens is 260 g/mol. The molecule has 100 valence electrons. The van der Waals surface area contributed by atoms with Crippen LogP contribution < -0.4 is 9.47 Å². The highest BCUT2D eigenvalue weighted by Crippen LogP contribution is 2.43. The van der Waals surface area contributed by atoms with E-state index in [1.54, 1.807) is 18.4 Å². The average molecular weight is 276 g/mol. The van der Waals surface area contributed by atoms with Crippen LogP contribution in [-0.4, -0.2) is 12.2 Å². The van der Waals surface area contributed by atoms with Gasteiger partial charge in [0.1, 0.15) is 17.6 Å². The number of ether oxygens (including phenoxy) is 2. The maximum absolute atomic E-state index is 10.2. The molecule has 19 heavy (non-hydrogen) atoms. The lowest BCUT2D eigenvalue weighted by molar-refractivity contribution is 0.0672. The van der Waals surface area contributed by atoms with Gasteiger partial charge in [0.15, 0.2) is 0 Å². The topological polar surface area (TPSA) is 38.7 Å². The van der Waals surface area contributed by atoms with E-state index in [4.69, 9.17) is 9.47 Å². The van der Waals surface area contributed by atoms with Crippen LogP contribution in [0.1, 0.15) is 33.9 Å². The lowest BCUT2D eigenvalue weighted by Gasteiger charge is -2.29. The van der Waals surface area contributed by atoms with Crippen LogP contribution in [0.3, 0.4) is 0 Å². The fourth-order valence-corrected chi connectivity index (χ4v) is 3.27. The average Bonchev–Trinajstić information content (AvgIpc) is 2.84. The summed E-state index contributed by atoms with van der Waals surface area (Å²) in [7, 11) is 1.63. The van der Waals surface area contributed by atoms with Gasteiger partial charge in [0.25, 0.3) is 0 Å². The van der Waals surface area contributed by atoms with Gasteiger partial charge in [0.05, 0.1) is 13.2 Å². The predicted molar refractivity (Wildman–Crippen MR) is 75.0 cm³/mol. The maximum atomic E-state index is 10.2. The van der Waals surface area contributed by atoms with Crippen molar-refractivity contribution < 1.29 is 14.6 Å². The first-order chi connectivity index (χ1) is 9.17. The van der Waals surface area contributed by atoms with E-state index < -0.39 is 6.10 Å². The Bertz CT molecular complexity index is 591. The molecule has 1 N–H and O–H groups in total. The third kappa shape index (κ3) is 2.33. The van der Waals surface area contributed by atoms with Crippen LogP contribution in [0.2, 0.25) is 0 Å². The fourth-order valence-electron chi connectivity index (χ4n) is 2.35. The first-order valence-corrected chi connectivity index (χ1v) is 7.08. The van der Waals surface area contributed by atoms with Gasteiger partial charge in [-0.15, -0.1) is 11.3 Å². The Morgan fingerprint density at radius 2 is 2.16 bits per heavy atom. The van der Waals surface area contributed by atoms with Crippen molar-refractivity contribution in [1.82, 2.24) is 0 Å². The third-order valence-electron chi connectivity index (χ3n) is 3.36. The van der Waals surface area contributed by atoms with E-state index >= 15 is 0 Å². The minimum Gasteiger partial charge on any atom is -0.497 e. The zero-order valence-corrected chi connectivity index (χ0v) is 11.7. The van der Waals surface area contributed by atoms with Gasteiger partial charge >= 0.3 is 0 Å². The first-order valence-electron chi connectivity index (χ1n) is 6.26. The predicted octanol–water partition coefficient (Wildman–Crippen LogP) is 3.62. The molecule has 2 heterocycles. The molecule has 4 heteroatoms. The maximum Gasteiger partial charge on any atom is 0.136 e. The van der Waals surface area contributed by atoms with Crippen molar-refractivity contribution in [3.63, 3.8) is 0 Å². The van der Waals surface area contributed by atoms with E-state index in [9.17, 15) is 5.11 Å². The molecule has 0 radical (unpaired) electrons. The Morgan fingerprint density at radius 1 is 1.32 bits per heavy atom. The van der Waals surface area contributed by atoms with Gasteiger partial charge in [-0.1, -0.05) is 0 Å². The zero-order valence-electron chi connectivity index (χ0n) is 10.9. The van der Waals surface area contributed by atoms with Gasteiger partial charge in [-0.2, -0.15) is 0 Å². The molecule has 2 aromatic rings. The summed E-state index contributed by atoms with van der Waals surface area (Å²) in [6, 6.07) is 9.71. The van der Waals surface area contributed by atoms with Crippen molar-refractivity contribution in [2.75, 3.05) is 7.11 Å². The molecule has 0 spiro atoms. The highest BCUT2D eigenvalue weighted by Gasteiger charge is 2.29. The van der Waals surface area contributed by atoms with E-state index in [0.29, 0.717) is 12.2 Å². The molecule has 0 bridgehead atoms.